The van der Waals surface area contributed by atoms with Gasteiger partial charge in [0.05, 0.1) is 0 Å². The Kier molecular flexibility index (Phi) is 6.22. The minimum atomic E-state index is -0.431. The number of nitrogens with one attached hydrogen (secondary N) is 2. The molecule has 160 valence electrons. The number of aromatic nitrogens is 2. The molecule has 0 radical (unpaired) electrons. The zero-order valence-electron chi connectivity index (χ0n) is 17.0. The van der Waals surface area contributed by atoms with E-state index in [2.05, 4.69) is 20.8 Å². The van der Waals surface area contributed by atoms with Crippen molar-refractivity contribution in [1.82, 2.24) is 15.1 Å². The summed E-state index contributed by atoms with van der Waals surface area (Å²) in [5, 5.41) is 14.7. The van der Waals surface area contributed by atoms with Crippen LogP contribution in [0.5, 0.6) is 0 Å². The maximum Gasteiger partial charge on any atom is 0.321 e. The lowest BCUT2D eigenvalue weighted by Crippen LogP contribution is -2.41. The largest absolute Gasteiger partial charge is 0.324 e. The Labute approximate surface area is 183 Å². The van der Waals surface area contributed by atoms with Crippen LogP contribution in [0, 0.1) is 12.7 Å². The summed E-state index contributed by atoms with van der Waals surface area (Å²) in [7, 11) is 0. The third-order valence-corrected chi connectivity index (χ3v) is 6.16. The van der Waals surface area contributed by atoms with Crippen molar-refractivity contribution < 1.29 is 14.0 Å². The van der Waals surface area contributed by atoms with Gasteiger partial charge in [-0.25, -0.2) is 9.18 Å². The number of carbonyl (C=O) groups excluding carboxylic acids is 2. The molecule has 1 unspecified atom stereocenters. The van der Waals surface area contributed by atoms with Gasteiger partial charge in [0.1, 0.15) is 10.8 Å². The van der Waals surface area contributed by atoms with Gasteiger partial charge in [-0.1, -0.05) is 35.1 Å². The Hall–Kier alpha value is -3.33. The number of rotatable bonds is 4. The molecule has 7 nitrogen and oxygen atoms in total. The minimum Gasteiger partial charge on any atom is -0.324 e. The fourth-order valence-corrected chi connectivity index (χ4v) is 4.31. The number of halogens is 1. The molecule has 0 aliphatic carbocycles. The number of anilines is 2. The zero-order valence-corrected chi connectivity index (χ0v) is 17.8. The Balaban J connectivity index is 1.38. The van der Waals surface area contributed by atoms with Crippen molar-refractivity contribution >= 4 is 34.6 Å². The predicted molar refractivity (Wildman–Crippen MR) is 118 cm³/mol. The second kappa shape index (κ2) is 9.22. The van der Waals surface area contributed by atoms with E-state index in [0.717, 1.165) is 29.1 Å². The number of likely N-dealkylation sites (tertiary alicyclic amines) is 1. The monoisotopic (exact) mass is 439 g/mol. The Morgan fingerprint density at radius 3 is 2.68 bits per heavy atom. The zero-order chi connectivity index (χ0) is 21.8. The number of carbonyl (C=O) groups is 2. The maximum atomic E-state index is 13.3. The van der Waals surface area contributed by atoms with Crippen molar-refractivity contribution in [3.05, 3.63) is 69.9 Å². The summed E-state index contributed by atoms with van der Waals surface area (Å²) in [4.78, 5) is 26.8. The van der Waals surface area contributed by atoms with Gasteiger partial charge in [0, 0.05) is 30.4 Å². The van der Waals surface area contributed by atoms with Gasteiger partial charge >= 0.3 is 6.03 Å². The third kappa shape index (κ3) is 5.24. The van der Waals surface area contributed by atoms with Gasteiger partial charge in [0.15, 0.2) is 0 Å². The van der Waals surface area contributed by atoms with Gasteiger partial charge in [-0.05, 0) is 50.1 Å². The highest BCUT2D eigenvalue weighted by atomic mass is 32.1. The van der Waals surface area contributed by atoms with Crippen molar-refractivity contribution in [2.24, 2.45) is 0 Å². The van der Waals surface area contributed by atoms with Crippen molar-refractivity contribution in [2.45, 2.75) is 25.7 Å². The van der Waals surface area contributed by atoms with Crippen LogP contribution in [-0.4, -0.2) is 40.1 Å². The van der Waals surface area contributed by atoms with Crippen LogP contribution in [0.4, 0.5) is 20.6 Å². The molecule has 1 fully saturated rings. The molecule has 3 aromatic rings. The fourth-order valence-electron chi connectivity index (χ4n) is 3.44. The topological polar surface area (TPSA) is 87.2 Å². The number of nitrogens with zero attached hydrogens (tertiary/aromatic N) is 3. The van der Waals surface area contributed by atoms with Crippen LogP contribution in [0.15, 0.2) is 48.5 Å². The summed E-state index contributed by atoms with van der Waals surface area (Å²) < 4.78 is 13.3. The van der Waals surface area contributed by atoms with Crippen molar-refractivity contribution in [3.8, 4) is 0 Å². The van der Waals surface area contributed by atoms with Gasteiger partial charge in [-0.15, -0.1) is 10.2 Å². The van der Waals surface area contributed by atoms with Gasteiger partial charge in [-0.2, -0.15) is 0 Å². The minimum absolute atomic E-state index is 0.0192. The molecule has 1 atom stereocenters. The first-order valence-electron chi connectivity index (χ1n) is 10.0. The average molecular weight is 440 g/mol. The highest BCUT2D eigenvalue weighted by Crippen LogP contribution is 2.29. The van der Waals surface area contributed by atoms with E-state index in [1.807, 2.05) is 31.2 Å². The van der Waals surface area contributed by atoms with Crippen LogP contribution >= 0.6 is 11.3 Å². The quantitative estimate of drug-likeness (QED) is 0.620. The molecule has 1 aromatic heterocycles. The lowest BCUT2D eigenvalue weighted by molar-refractivity contribution is 0.102. The highest BCUT2D eigenvalue weighted by Gasteiger charge is 2.28. The molecule has 1 aliphatic heterocycles. The predicted octanol–water partition coefficient (Wildman–Crippen LogP) is 4.65. The third-order valence-electron chi connectivity index (χ3n) is 5.08. The molecular weight excluding hydrogens is 417 g/mol. The van der Waals surface area contributed by atoms with Crippen LogP contribution in [0.2, 0.25) is 0 Å². The number of amides is 3. The van der Waals surface area contributed by atoms with Crippen LogP contribution < -0.4 is 10.6 Å². The van der Waals surface area contributed by atoms with Crippen molar-refractivity contribution in [1.29, 1.82) is 0 Å². The van der Waals surface area contributed by atoms with Gasteiger partial charge < -0.3 is 15.5 Å². The van der Waals surface area contributed by atoms with Crippen LogP contribution in [0.1, 0.15) is 39.1 Å². The lowest BCUT2D eigenvalue weighted by Gasteiger charge is -2.31. The van der Waals surface area contributed by atoms with E-state index in [-0.39, 0.29) is 17.0 Å². The molecule has 4 rings (SSSR count). The van der Waals surface area contributed by atoms with Crippen LogP contribution in [-0.2, 0) is 0 Å². The number of benzene rings is 2. The average Bonchev–Trinajstić information content (AvgIpc) is 3.26. The molecule has 9 heteroatoms. The Morgan fingerprint density at radius 2 is 1.90 bits per heavy atom. The van der Waals surface area contributed by atoms with Gasteiger partial charge in [0.25, 0.3) is 5.91 Å². The SMILES string of the molecule is Cc1ccc(NC(=O)N2CCCC(c3nnc(C(=O)Nc4cccc(F)c4)s3)C2)cc1. The number of aryl methyl sites for hydroxylation is 1. The summed E-state index contributed by atoms with van der Waals surface area (Å²) in [6.07, 6.45) is 1.71. The molecule has 1 aliphatic rings. The van der Waals surface area contributed by atoms with Crippen molar-refractivity contribution in [2.75, 3.05) is 23.7 Å². The maximum absolute atomic E-state index is 13.3. The van der Waals surface area contributed by atoms with Crippen LogP contribution in [0.3, 0.4) is 0 Å². The second-order valence-corrected chi connectivity index (χ2v) is 8.50. The van der Waals surface area contributed by atoms with E-state index in [1.165, 1.54) is 29.5 Å². The molecule has 31 heavy (non-hydrogen) atoms. The first-order chi connectivity index (χ1) is 15.0. The highest BCUT2D eigenvalue weighted by molar-refractivity contribution is 7.13. The molecular formula is C22H22FN5O2S. The summed E-state index contributed by atoms with van der Waals surface area (Å²) >= 11 is 1.20. The fraction of sp³-hybridized carbons (Fsp3) is 0.273. The molecule has 0 spiro atoms. The van der Waals surface area contributed by atoms with Gasteiger partial charge in [-0.3, -0.25) is 4.79 Å². The number of hydrogen-bond acceptors (Lipinski definition) is 5. The van der Waals surface area contributed by atoms with Gasteiger partial charge in [0.2, 0.25) is 5.01 Å². The van der Waals surface area contributed by atoms with E-state index in [1.54, 1.807) is 11.0 Å². The Morgan fingerprint density at radius 1 is 1.10 bits per heavy atom. The smallest absolute Gasteiger partial charge is 0.321 e. The molecule has 2 heterocycles. The number of piperidine rings is 1. The summed E-state index contributed by atoms with van der Waals surface area (Å²) in [5.41, 5.74) is 2.24. The van der Waals surface area contributed by atoms with E-state index in [9.17, 15) is 14.0 Å². The standard InChI is InChI=1S/C22H22FN5O2S/c1-14-7-9-17(10-8-14)25-22(30)28-11-3-4-15(13-28)20-26-27-21(31-20)19(29)24-18-6-2-5-16(23)12-18/h2,5-10,12,15H,3-4,11,13H2,1H3,(H,24,29)(H,25,30). The molecule has 2 N–H and O–H groups in total. The second-order valence-electron chi connectivity index (χ2n) is 7.49. The van der Waals surface area contributed by atoms with E-state index < -0.39 is 11.7 Å². The first kappa shape index (κ1) is 20.9. The number of urea groups is 1. The van der Waals surface area contributed by atoms with Crippen molar-refractivity contribution in [3.63, 3.8) is 0 Å². The normalized spacial score (nSPS) is 16.1. The lowest BCUT2D eigenvalue weighted by atomic mass is 9.99. The van der Waals surface area contributed by atoms with Crippen LogP contribution in [0.25, 0.3) is 0 Å². The molecule has 3 amide bonds. The molecule has 0 bridgehead atoms. The summed E-state index contributed by atoms with van der Waals surface area (Å²) in [6.45, 7) is 3.17. The molecule has 0 saturated carbocycles. The van der Waals surface area contributed by atoms with E-state index in [4.69, 9.17) is 0 Å². The Bertz CT molecular complexity index is 1090. The summed E-state index contributed by atoms with van der Waals surface area (Å²) in [5.74, 6) is -0.841. The number of hydrogen-bond donors (Lipinski definition) is 2. The van der Waals surface area contributed by atoms with E-state index >= 15 is 0 Å². The molecule has 2 aromatic carbocycles. The first-order valence-corrected chi connectivity index (χ1v) is 10.8. The van der Waals surface area contributed by atoms with E-state index in [0.29, 0.717) is 18.8 Å². The summed E-state index contributed by atoms with van der Waals surface area (Å²) in [6, 6.07) is 13.2. The molecule has 1 saturated heterocycles.